The fraction of sp³-hybridized carbons (Fsp3) is 0.870. The van der Waals surface area contributed by atoms with Gasteiger partial charge in [-0.05, 0) is 33.1 Å². The number of esters is 1. The number of hydrogen-bond acceptors (Lipinski definition) is 7. The van der Waals surface area contributed by atoms with Gasteiger partial charge in [0.1, 0.15) is 5.60 Å². The van der Waals surface area contributed by atoms with E-state index in [2.05, 4.69) is 15.0 Å². The van der Waals surface area contributed by atoms with Crippen molar-refractivity contribution in [2.45, 2.75) is 96.6 Å². The summed E-state index contributed by atoms with van der Waals surface area (Å²) < 4.78 is 16.6. The Hall–Kier alpha value is -1.47. The van der Waals surface area contributed by atoms with Crippen molar-refractivity contribution in [3.63, 3.8) is 0 Å². The van der Waals surface area contributed by atoms with Gasteiger partial charge in [-0.1, -0.05) is 50.1 Å². The highest BCUT2D eigenvalue weighted by atomic mass is 16.6. The number of carbonyl (C=O) groups is 1. The molecule has 0 unspecified atom stereocenters. The van der Waals surface area contributed by atoms with Crippen molar-refractivity contribution in [2.75, 3.05) is 26.3 Å². The van der Waals surface area contributed by atoms with Crippen LogP contribution in [0.4, 0.5) is 0 Å². The minimum absolute atomic E-state index is 0.0746. The molecule has 0 N–H and O–H groups in total. The predicted molar refractivity (Wildman–Crippen MR) is 114 cm³/mol. The summed E-state index contributed by atoms with van der Waals surface area (Å²) in [7, 11) is 0. The van der Waals surface area contributed by atoms with Crippen LogP contribution >= 0.6 is 0 Å². The van der Waals surface area contributed by atoms with Gasteiger partial charge in [0.25, 0.3) is 0 Å². The Morgan fingerprint density at radius 3 is 2.63 bits per heavy atom. The van der Waals surface area contributed by atoms with E-state index in [1.54, 1.807) is 0 Å². The second-order valence-corrected chi connectivity index (χ2v) is 9.86. The lowest BCUT2D eigenvalue weighted by Gasteiger charge is -2.25. The summed E-state index contributed by atoms with van der Waals surface area (Å²) in [6.45, 7) is 9.61. The van der Waals surface area contributed by atoms with Gasteiger partial charge in [0.2, 0.25) is 5.89 Å². The molecular weight excluding hydrogens is 382 g/mol. The third kappa shape index (κ3) is 7.99. The largest absolute Gasteiger partial charge is 0.460 e. The summed E-state index contributed by atoms with van der Waals surface area (Å²) in [5, 5.41) is 4.19. The maximum Gasteiger partial charge on any atom is 0.307 e. The molecule has 1 aromatic heterocycles. The molecule has 30 heavy (non-hydrogen) atoms. The van der Waals surface area contributed by atoms with Crippen molar-refractivity contribution in [1.82, 2.24) is 15.0 Å². The van der Waals surface area contributed by atoms with E-state index >= 15 is 0 Å². The lowest BCUT2D eigenvalue weighted by Crippen LogP contribution is -2.35. The molecule has 7 nitrogen and oxygen atoms in total. The van der Waals surface area contributed by atoms with E-state index in [1.807, 2.05) is 20.8 Å². The Morgan fingerprint density at radius 1 is 1.20 bits per heavy atom. The molecule has 1 saturated carbocycles. The molecule has 1 atom stereocenters. The molecule has 0 aromatic carbocycles. The van der Waals surface area contributed by atoms with Gasteiger partial charge >= 0.3 is 5.97 Å². The number of rotatable bonds is 9. The van der Waals surface area contributed by atoms with Crippen molar-refractivity contribution in [1.29, 1.82) is 0 Å². The Bertz CT molecular complexity index is 643. The molecule has 1 saturated heterocycles. The highest BCUT2D eigenvalue weighted by Crippen LogP contribution is 2.31. The standard InChI is InChI=1S/C23H39N3O4/c1-23(2,3)29-21(27)16-19(11-7-10-18-8-5-4-6-9-18)22-24-20(25-30-22)17-26-12-14-28-15-13-26/h18-19H,4-17H2,1-3H3/t19-/m0/s1. The summed E-state index contributed by atoms with van der Waals surface area (Å²) >= 11 is 0. The Morgan fingerprint density at radius 2 is 1.93 bits per heavy atom. The second-order valence-electron chi connectivity index (χ2n) is 9.86. The minimum Gasteiger partial charge on any atom is -0.460 e. The topological polar surface area (TPSA) is 77.7 Å². The number of carbonyl (C=O) groups excluding carboxylic acids is 1. The molecule has 2 aliphatic rings. The first-order valence-electron chi connectivity index (χ1n) is 11.7. The van der Waals surface area contributed by atoms with Gasteiger partial charge in [-0.2, -0.15) is 4.98 Å². The average molecular weight is 422 g/mol. The van der Waals surface area contributed by atoms with Crippen LogP contribution in [0.15, 0.2) is 4.52 Å². The summed E-state index contributed by atoms with van der Waals surface area (Å²) in [5.41, 5.74) is -0.486. The second kappa shape index (κ2) is 11.2. The maximum atomic E-state index is 12.5. The van der Waals surface area contributed by atoms with Crippen LogP contribution in [0, 0.1) is 5.92 Å². The van der Waals surface area contributed by atoms with Crippen LogP contribution in [0.1, 0.15) is 96.2 Å². The minimum atomic E-state index is -0.486. The fourth-order valence-electron chi connectivity index (χ4n) is 4.48. The maximum absolute atomic E-state index is 12.5. The average Bonchev–Trinajstić information content (AvgIpc) is 3.16. The molecule has 0 amide bonds. The molecule has 0 spiro atoms. The zero-order valence-electron chi connectivity index (χ0n) is 19.0. The number of aromatic nitrogens is 2. The fourth-order valence-corrected chi connectivity index (χ4v) is 4.48. The lowest BCUT2D eigenvalue weighted by atomic mass is 9.84. The van der Waals surface area contributed by atoms with Crippen LogP contribution < -0.4 is 0 Å². The van der Waals surface area contributed by atoms with Crippen LogP contribution in [-0.2, 0) is 20.8 Å². The molecule has 0 radical (unpaired) electrons. The molecule has 2 fully saturated rings. The third-order valence-corrected chi connectivity index (χ3v) is 6.02. The van der Waals surface area contributed by atoms with Crippen molar-refractivity contribution in [3.05, 3.63) is 11.7 Å². The summed E-state index contributed by atoms with van der Waals surface area (Å²) in [6, 6.07) is 0. The smallest absolute Gasteiger partial charge is 0.307 e. The highest BCUT2D eigenvalue weighted by molar-refractivity contribution is 5.70. The molecule has 3 rings (SSSR count). The van der Waals surface area contributed by atoms with Crippen LogP contribution in [0.25, 0.3) is 0 Å². The van der Waals surface area contributed by atoms with Crippen LogP contribution in [-0.4, -0.2) is 52.9 Å². The van der Waals surface area contributed by atoms with E-state index in [0.29, 0.717) is 24.7 Å². The van der Waals surface area contributed by atoms with Crippen LogP contribution in [0.3, 0.4) is 0 Å². The van der Waals surface area contributed by atoms with E-state index in [4.69, 9.17) is 14.0 Å². The van der Waals surface area contributed by atoms with Gasteiger partial charge in [-0.15, -0.1) is 0 Å². The Kier molecular flexibility index (Phi) is 8.69. The zero-order valence-corrected chi connectivity index (χ0v) is 19.0. The molecule has 2 heterocycles. The van der Waals surface area contributed by atoms with Crippen molar-refractivity contribution in [2.24, 2.45) is 5.92 Å². The van der Waals surface area contributed by atoms with Crippen molar-refractivity contribution >= 4 is 5.97 Å². The first kappa shape index (κ1) is 23.2. The van der Waals surface area contributed by atoms with Gasteiger partial charge in [0.05, 0.1) is 26.2 Å². The molecule has 1 aliphatic heterocycles. The summed E-state index contributed by atoms with van der Waals surface area (Å²) in [5.74, 6) is 1.83. The number of ether oxygens (including phenoxy) is 2. The van der Waals surface area contributed by atoms with Gasteiger partial charge in [0, 0.05) is 19.0 Å². The van der Waals surface area contributed by atoms with E-state index in [1.165, 1.54) is 38.5 Å². The Labute approximate surface area is 180 Å². The molecule has 1 aliphatic carbocycles. The zero-order chi connectivity index (χ0) is 21.4. The van der Waals surface area contributed by atoms with Gasteiger partial charge in [-0.25, -0.2) is 0 Å². The van der Waals surface area contributed by atoms with Crippen molar-refractivity contribution < 1.29 is 18.8 Å². The Balaban J connectivity index is 1.58. The van der Waals surface area contributed by atoms with E-state index < -0.39 is 5.60 Å². The first-order valence-corrected chi connectivity index (χ1v) is 11.7. The SMILES string of the molecule is CC(C)(C)OC(=O)C[C@H](CCCC1CCCCC1)c1nc(CN2CCOCC2)no1. The highest BCUT2D eigenvalue weighted by Gasteiger charge is 2.26. The molecule has 1 aromatic rings. The number of morpholine rings is 1. The summed E-state index contributed by atoms with van der Waals surface area (Å²) in [6.07, 6.45) is 10.3. The first-order chi connectivity index (χ1) is 14.4. The monoisotopic (exact) mass is 421 g/mol. The number of nitrogens with zero attached hydrogens (tertiary/aromatic N) is 3. The molecule has 7 heteroatoms. The van der Waals surface area contributed by atoms with E-state index in [9.17, 15) is 4.79 Å². The number of hydrogen-bond donors (Lipinski definition) is 0. The third-order valence-electron chi connectivity index (χ3n) is 6.02. The van der Waals surface area contributed by atoms with E-state index in [0.717, 1.165) is 45.1 Å². The predicted octanol–water partition coefficient (Wildman–Crippen LogP) is 4.47. The van der Waals surface area contributed by atoms with Gasteiger partial charge in [-0.3, -0.25) is 9.69 Å². The molecule has 0 bridgehead atoms. The van der Waals surface area contributed by atoms with Gasteiger partial charge < -0.3 is 14.0 Å². The van der Waals surface area contributed by atoms with Crippen molar-refractivity contribution in [3.8, 4) is 0 Å². The summed E-state index contributed by atoms with van der Waals surface area (Å²) in [4.78, 5) is 19.4. The van der Waals surface area contributed by atoms with Crippen LogP contribution in [0.5, 0.6) is 0 Å². The van der Waals surface area contributed by atoms with E-state index in [-0.39, 0.29) is 11.9 Å². The quantitative estimate of drug-likeness (QED) is 0.544. The molecule has 170 valence electrons. The van der Waals surface area contributed by atoms with Gasteiger partial charge in [0.15, 0.2) is 5.82 Å². The van der Waals surface area contributed by atoms with Crippen LogP contribution in [0.2, 0.25) is 0 Å². The molecular formula is C23H39N3O4. The normalized spacial score (nSPS) is 20.2. The lowest BCUT2D eigenvalue weighted by molar-refractivity contribution is -0.155.